The summed E-state index contributed by atoms with van der Waals surface area (Å²) < 4.78 is 0. The van der Waals surface area contributed by atoms with Crippen LogP contribution in [0.25, 0.3) is 0 Å². The molecule has 0 unspecified atom stereocenters. The second-order valence-corrected chi connectivity index (χ2v) is 5.45. The molecule has 0 bridgehead atoms. The molecule has 0 saturated heterocycles. The van der Waals surface area contributed by atoms with Crippen LogP contribution in [-0.4, -0.2) is 18.1 Å². The summed E-state index contributed by atoms with van der Waals surface area (Å²) in [4.78, 5) is 4.54. The zero-order valence-corrected chi connectivity index (χ0v) is 11.6. The van der Waals surface area contributed by atoms with E-state index >= 15 is 0 Å². The maximum Gasteiger partial charge on any atom is 0.128 e. The Kier molecular flexibility index (Phi) is 4.85. The van der Waals surface area contributed by atoms with Gasteiger partial charge in [0.15, 0.2) is 0 Å². The van der Waals surface area contributed by atoms with Crippen LogP contribution in [0.5, 0.6) is 0 Å². The third-order valence-electron chi connectivity index (χ3n) is 3.81. The molecule has 3 nitrogen and oxygen atoms in total. The minimum atomic E-state index is 0.825. The van der Waals surface area contributed by atoms with Gasteiger partial charge in [-0.25, -0.2) is 4.98 Å². The van der Waals surface area contributed by atoms with Crippen molar-refractivity contribution in [1.82, 2.24) is 4.98 Å². The third-order valence-corrected chi connectivity index (χ3v) is 3.81. The fourth-order valence-corrected chi connectivity index (χ4v) is 2.59. The molecule has 2 rings (SSSR count). The summed E-state index contributed by atoms with van der Waals surface area (Å²) in [6, 6.07) is 6.11. The van der Waals surface area contributed by atoms with Crippen LogP contribution in [0.1, 0.15) is 39.5 Å². The summed E-state index contributed by atoms with van der Waals surface area (Å²) in [5.41, 5.74) is 0. The molecule has 0 aromatic carbocycles. The van der Waals surface area contributed by atoms with Gasteiger partial charge in [0.1, 0.15) is 11.6 Å². The van der Waals surface area contributed by atoms with Crippen molar-refractivity contribution in [2.45, 2.75) is 39.5 Å². The highest BCUT2D eigenvalue weighted by Crippen LogP contribution is 2.28. The summed E-state index contributed by atoms with van der Waals surface area (Å²) in [6.45, 7) is 6.43. The lowest BCUT2D eigenvalue weighted by molar-refractivity contribution is 0.300. The zero-order valence-electron chi connectivity index (χ0n) is 11.6. The highest BCUT2D eigenvalue weighted by Gasteiger charge is 2.17. The standard InChI is InChI=1S/C15H25N3/c1-3-16-14-5-4-6-15(18-14)17-11-13-9-7-12(2)8-10-13/h4-6,12-13H,3,7-11H2,1-2H3,(H2,16,17,18). The number of hydrogen-bond donors (Lipinski definition) is 2. The van der Waals surface area contributed by atoms with E-state index in [2.05, 4.69) is 35.5 Å². The van der Waals surface area contributed by atoms with Crippen molar-refractivity contribution in [2.24, 2.45) is 11.8 Å². The van der Waals surface area contributed by atoms with E-state index in [0.29, 0.717) is 0 Å². The first-order chi connectivity index (χ1) is 8.78. The van der Waals surface area contributed by atoms with Gasteiger partial charge in [-0.1, -0.05) is 25.8 Å². The molecule has 1 aromatic rings. The lowest BCUT2D eigenvalue weighted by Crippen LogP contribution is -2.20. The maximum atomic E-state index is 4.54. The Morgan fingerprint density at radius 1 is 1.11 bits per heavy atom. The summed E-state index contributed by atoms with van der Waals surface area (Å²) in [5, 5.41) is 6.72. The lowest BCUT2D eigenvalue weighted by Gasteiger charge is -2.26. The Bertz CT molecular complexity index is 357. The highest BCUT2D eigenvalue weighted by molar-refractivity contribution is 5.44. The first kappa shape index (κ1) is 13.2. The number of anilines is 2. The smallest absolute Gasteiger partial charge is 0.128 e. The number of nitrogens with zero attached hydrogens (tertiary/aromatic N) is 1. The summed E-state index contributed by atoms with van der Waals surface area (Å²) in [5.74, 6) is 3.70. The molecular formula is C15H25N3. The van der Waals surface area contributed by atoms with Gasteiger partial charge < -0.3 is 10.6 Å². The van der Waals surface area contributed by atoms with Crippen molar-refractivity contribution < 1.29 is 0 Å². The van der Waals surface area contributed by atoms with Crippen molar-refractivity contribution in [1.29, 1.82) is 0 Å². The Morgan fingerprint density at radius 3 is 2.44 bits per heavy atom. The van der Waals surface area contributed by atoms with Gasteiger partial charge in [0.25, 0.3) is 0 Å². The molecule has 0 aliphatic heterocycles. The molecule has 1 heterocycles. The highest BCUT2D eigenvalue weighted by atomic mass is 15.1. The Morgan fingerprint density at radius 2 is 1.78 bits per heavy atom. The maximum absolute atomic E-state index is 4.54. The van der Waals surface area contributed by atoms with Gasteiger partial charge in [0, 0.05) is 13.1 Å². The SMILES string of the molecule is CCNc1cccc(NCC2CCC(C)CC2)n1. The molecule has 1 aliphatic rings. The fraction of sp³-hybridized carbons (Fsp3) is 0.667. The summed E-state index contributed by atoms with van der Waals surface area (Å²) in [7, 11) is 0. The molecule has 0 spiro atoms. The van der Waals surface area contributed by atoms with E-state index in [1.165, 1.54) is 25.7 Å². The van der Waals surface area contributed by atoms with E-state index in [4.69, 9.17) is 0 Å². The molecule has 0 radical (unpaired) electrons. The largest absolute Gasteiger partial charge is 0.370 e. The minimum Gasteiger partial charge on any atom is -0.370 e. The average Bonchev–Trinajstić information content (AvgIpc) is 2.39. The number of hydrogen-bond acceptors (Lipinski definition) is 3. The van der Waals surface area contributed by atoms with Crippen LogP contribution in [0.3, 0.4) is 0 Å². The fourth-order valence-electron chi connectivity index (χ4n) is 2.59. The van der Waals surface area contributed by atoms with E-state index in [0.717, 1.165) is 36.6 Å². The van der Waals surface area contributed by atoms with E-state index in [1.807, 2.05) is 12.1 Å². The minimum absolute atomic E-state index is 0.825. The van der Waals surface area contributed by atoms with E-state index < -0.39 is 0 Å². The van der Waals surface area contributed by atoms with E-state index in [-0.39, 0.29) is 0 Å². The van der Waals surface area contributed by atoms with Gasteiger partial charge in [-0.2, -0.15) is 0 Å². The molecule has 1 saturated carbocycles. The second-order valence-electron chi connectivity index (χ2n) is 5.45. The number of pyridine rings is 1. The topological polar surface area (TPSA) is 37.0 Å². The molecule has 1 fully saturated rings. The lowest BCUT2D eigenvalue weighted by atomic mass is 9.83. The van der Waals surface area contributed by atoms with Crippen molar-refractivity contribution in [3.05, 3.63) is 18.2 Å². The number of aromatic nitrogens is 1. The quantitative estimate of drug-likeness (QED) is 0.832. The molecule has 3 heteroatoms. The molecule has 2 N–H and O–H groups in total. The third kappa shape index (κ3) is 3.90. The molecule has 0 atom stereocenters. The van der Waals surface area contributed by atoms with E-state index in [9.17, 15) is 0 Å². The van der Waals surface area contributed by atoms with Gasteiger partial charge in [0.05, 0.1) is 0 Å². The average molecular weight is 247 g/mol. The molecule has 0 amide bonds. The van der Waals surface area contributed by atoms with Crippen molar-refractivity contribution in [3.63, 3.8) is 0 Å². The summed E-state index contributed by atoms with van der Waals surface area (Å²) in [6.07, 6.45) is 5.50. The predicted molar refractivity (Wildman–Crippen MR) is 78.0 cm³/mol. The Balaban J connectivity index is 1.80. The molecule has 100 valence electrons. The van der Waals surface area contributed by atoms with Gasteiger partial charge >= 0.3 is 0 Å². The molecular weight excluding hydrogens is 222 g/mol. The molecule has 1 aliphatic carbocycles. The van der Waals surface area contributed by atoms with Gasteiger partial charge in [-0.05, 0) is 43.7 Å². The Hall–Kier alpha value is -1.25. The van der Waals surface area contributed by atoms with Crippen LogP contribution in [-0.2, 0) is 0 Å². The normalized spacial score (nSPS) is 23.7. The van der Waals surface area contributed by atoms with Gasteiger partial charge in [-0.3, -0.25) is 0 Å². The van der Waals surface area contributed by atoms with Gasteiger partial charge in [0.2, 0.25) is 0 Å². The van der Waals surface area contributed by atoms with Gasteiger partial charge in [-0.15, -0.1) is 0 Å². The van der Waals surface area contributed by atoms with Crippen LogP contribution in [0.4, 0.5) is 11.6 Å². The van der Waals surface area contributed by atoms with Crippen LogP contribution < -0.4 is 10.6 Å². The monoisotopic (exact) mass is 247 g/mol. The van der Waals surface area contributed by atoms with E-state index in [1.54, 1.807) is 0 Å². The van der Waals surface area contributed by atoms with Crippen LogP contribution in [0.15, 0.2) is 18.2 Å². The molecule has 1 aromatic heterocycles. The second kappa shape index (κ2) is 6.62. The first-order valence-electron chi connectivity index (χ1n) is 7.22. The number of rotatable bonds is 5. The molecule has 18 heavy (non-hydrogen) atoms. The first-order valence-corrected chi connectivity index (χ1v) is 7.22. The van der Waals surface area contributed by atoms with Crippen LogP contribution in [0.2, 0.25) is 0 Å². The van der Waals surface area contributed by atoms with Crippen molar-refractivity contribution in [2.75, 3.05) is 23.7 Å². The van der Waals surface area contributed by atoms with Crippen molar-refractivity contribution in [3.8, 4) is 0 Å². The predicted octanol–water partition coefficient (Wildman–Crippen LogP) is 3.75. The Labute approximate surface area is 110 Å². The zero-order chi connectivity index (χ0) is 12.8. The van der Waals surface area contributed by atoms with Crippen LogP contribution in [0, 0.1) is 11.8 Å². The number of nitrogens with one attached hydrogen (secondary N) is 2. The van der Waals surface area contributed by atoms with Crippen molar-refractivity contribution >= 4 is 11.6 Å². The van der Waals surface area contributed by atoms with Crippen LogP contribution >= 0.6 is 0 Å². The summed E-state index contributed by atoms with van der Waals surface area (Å²) >= 11 is 0.